The minimum Gasteiger partial charge on any atom is -0.497 e. The first-order chi connectivity index (χ1) is 13.5. The second-order valence-electron chi connectivity index (χ2n) is 7.09. The molecule has 0 unspecified atom stereocenters. The predicted octanol–water partition coefficient (Wildman–Crippen LogP) is 2.82. The molecule has 0 spiro atoms. The van der Waals surface area contributed by atoms with E-state index in [9.17, 15) is 9.59 Å². The van der Waals surface area contributed by atoms with Crippen molar-refractivity contribution in [2.24, 2.45) is 0 Å². The fourth-order valence-electron chi connectivity index (χ4n) is 3.43. The number of aryl methyl sites for hydroxylation is 2. The molecule has 2 amide bonds. The SMILES string of the molecule is COc1ccc2c(c1)CCCN2CC(=O)NCC(=O)Nc1cccc(C)c1C. The zero-order valence-electron chi connectivity index (χ0n) is 16.7. The molecule has 1 aliphatic rings. The summed E-state index contributed by atoms with van der Waals surface area (Å²) >= 11 is 0. The Labute approximate surface area is 165 Å². The van der Waals surface area contributed by atoms with Gasteiger partial charge in [0.05, 0.1) is 20.2 Å². The van der Waals surface area contributed by atoms with Crippen LogP contribution >= 0.6 is 0 Å². The number of carbonyl (C=O) groups is 2. The highest BCUT2D eigenvalue weighted by atomic mass is 16.5. The number of benzene rings is 2. The maximum Gasteiger partial charge on any atom is 0.243 e. The van der Waals surface area contributed by atoms with Gasteiger partial charge in [0.1, 0.15) is 5.75 Å². The first kappa shape index (κ1) is 19.7. The largest absolute Gasteiger partial charge is 0.497 e. The number of amides is 2. The summed E-state index contributed by atoms with van der Waals surface area (Å²) in [4.78, 5) is 26.6. The van der Waals surface area contributed by atoms with E-state index in [1.165, 1.54) is 5.56 Å². The lowest BCUT2D eigenvalue weighted by Gasteiger charge is -2.31. The third-order valence-corrected chi connectivity index (χ3v) is 5.16. The molecule has 1 heterocycles. The Kier molecular flexibility index (Phi) is 6.19. The molecule has 28 heavy (non-hydrogen) atoms. The van der Waals surface area contributed by atoms with Crippen molar-refractivity contribution in [3.8, 4) is 5.75 Å². The highest BCUT2D eigenvalue weighted by molar-refractivity contribution is 5.95. The second-order valence-corrected chi connectivity index (χ2v) is 7.09. The summed E-state index contributed by atoms with van der Waals surface area (Å²) in [5.41, 5.74) is 5.16. The van der Waals surface area contributed by atoms with Crippen LogP contribution < -0.4 is 20.3 Å². The fraction of sp³-hybridized carbons (Fsp3) is 0.364. The van der Waals surface area contributed by atoms with Crippen LogP contribution in [0.1, 0.15) is 23.1 Å². The summed E-state index contributed by atoms with van der Waals surface area (Å²) in [6.45, 7) is 4.97. The van der Waals surface area contributed by atoms with Crippen molar-refractivity contribution in [1.82, 2.24) is 5.32 Å². The molecular formula is C22H27N3O3. The minimum absolute atomic E-state index is 0.0461. The predicted molar refractivity (Wildman–Crippen MR) is 111 cm³/mol. The van der Waals surface area contributed by atoms with Crippen LogP contribution in [0.15, 0.2) is 36.4 Å². The summed E-state index contributed by atoms with van der Waals surface area (Å²) < 4.78 is 5.28. The topological polar surface area (TPSA) is 70.7 Å². The molecule has 0 fully saturated rings. The van der Waals surface area contributed by atoms with E-state index in [1.54, 1.807) is 7.11 Å². The molecule has 2 aromatic rings. The molecule has 2 N–H and O–H groups in total. The van der Waals surface area contributed by atoms with Gasteiger partial charge >= 0.3 is 0 Å². The zero-order valence-corrected chi connectivity index (χ0v) is 16.7. The van der Waals surface area contributed by atoms with E-state index in [-0.39, 0.29) is 24.9 Å². The number of methoxy groups -OCH3 is 1. The van der Waals surface area contributed by atoms with Gasteiger partial charge < -0.3 is 20.3 Å². The average molecular weight is 381 g/mol. The third kappa shape index (κ3) is 4.63. The molecule has 148 valence electrons. The van der Waals surface area contributed by atoms with Crippen molar-refractivity contribution < 1.29 is 14.3 Å². The summed E-state index contributed by atoms with van der Waals surface area (Å²) in [6, 6.07) is 11.7. The van der Waals surface area contributed by atoms with Gasteiger partial charge in [0, 0.05) is 17.9 Å². The highest BCUT2D eigenvalue weighted by Crippen LogP contribution is 2.30. The normalized spacial score (nSPS) is 12.9. The van der Waals surface area contributed by atoms with Crippen molar-refractivity contribution in [3.05, 3.63) is 53.1 Å². The number of fused-ring (bicyclic) bond motifs is 1. The van der Waals surface area contributed by atoms with Crippen molar-refractivity contribution >= 4 is 23.2 Å². The fourth-order valence-corrected chi connectivity index (χ4v) is 3.43. The van der Waals surface area contributed by atoms with Gasteiger partial charge in [0.15, 0.2) is 0 Å². The number of hydrogen-bond donors (Lipinski definition) is 2. The van der Waals surface area contributed by atoms with Crippen molar-refractivity contribution in [1.29, 1.82) is 0 Å². The van der Waals surface area contributed by atoms with E-state index in [0.29, 0.717) is 0 Å². The van der Waals surface area contributed by atoms with Crippen molar-refractivity contribution in [2.75, 3.05) is 37.0 Å². The minimum atomic E-state index is -0.231. The first-order valence-corrected chi connectivity index (χ1v) is 9.52. The van der Waals surface area contributed by atoms with Crippen LogP contribution in [0.25, 0.3) is 0 Å². The Hall–Kier alpha value is -3.02. The number of rotatable bonds is 6. The van der Waals surface area contributed by atoms with E-state index < -0.39 is 0 Å². The number of nitrogens with zero attached hydrogens (tertiary/aromatic N) is 1. The lowest BCUT2D eigenvalue weighted by atomic mass is 10.0. The first-order valence-electron chi connectivity index (χ1n) is 9.52. The van der Waals surface area contributed by atoms with Crippen LogP contribution in [-0.2, 0) is 16.0 Å². The number of anilines is 2. The molecule has 3 rings (SSSR count). The monoisotopic (exact) mass is 381 g/mol. The molecule has 6 heteroatoms. The Morgan fingerprint density at radius 1 is 1.14 bits per heavy atom. The van der Waals surface area contributed by atoms with E-state index >= 15 is 0 Å². The molecule has 0 saturated carbocycles. The summed E-state index contributed by atoms with van der Waals surface area (Å²) in [5.74, 6) is 0.429. The van der Waals surface area contributed by atoms with Crippen molar-refractivity contribution in [3.63, 3.8) is 0 Å². The summed E-state index contributed by atoms with van der Waals surface area (Å²) in [5, 5.41) is 5.58. The molecule has 0 saturated heterocycles. The highest BCUT2D eigenvalue weighted by Gasteiger charge is 2.20. The van der Waals surface area contributed by atoms with Crippen LogP contribution in [0.3, 0.4) is 0 Å². The van der Waals surface area contributed by atoms with Gasteiger partial charge in [0.2, 0.25) is 11.8 Å². The van der Waals surface area contributed by atoms with Crippen LogP contribution in [-0.4, -0.2) is 38.6 Å². The Balaban J connectivity index is 1.54. The van der Waals surface area contributed by atoms with Crippen molar-refractivity contribution in [2.45, 2.75) is 26.7 Å². The number of hydrogen-bond acceptors (Lipinski definition) is 4. The Bertz CT molecular complexity index is 879. The van der Waals surface area contributed by atoms with Crippen LogP contribution in [0.2, 0.25) is 0 Å². The van der Waals surface area contributed by atoms with E-state index in [1.807, 2.05) is 50.2 Å². The molecular weight excluding hydrogens is 354 g/mol. The lowest BCUT2D eigenvalue weighted by molar-refractivity contribution is -0.123. The van der Waals surface area contributed by atoms with Gasteiger partial charge in [-0.1, -0.05) is 12.1 Å². The molecule has 0 aliphatic carbocycles. The van der Waals surface area contributed by atoms with Gasteiger partial charge in [-0.25, -0.2) is 0 Å². The zero-order chi connectivity index (χ0) is 20.1. The molecule has 1 aliphatic heterocycles. The standard InChI is InChI=1S/C22H27N3O3/c1-15-6-4-8-19(16(15)2)24-21(26)13-23-22(27)14-25-11-5-7-17-12-18(28-3)9-10-20(17)25/h4,6,8-10,12H,5,7,11,13-14H2,1-3H3,(H,23,27)(H,24,26). The number of nitrogens with one attached hydrogen (secondary N) is 2. The van der Waals surface area contributed by atoms with Crippen LogP contribution in [0.5, 0.6) is 5.75 Å². The van der Waals surface area contributed by atoms with Gasteiger partial charge in [-0.3, -0.25) is 9.59 Å². The van der Waals surface area contributed by atoms with Crippen LogP contribution in [0, 0.1) is 13.8 Å². The Morgan fingerprint density at radius 3 is 2.75 bits per heavy atom. The smallest absolute Gasteiger partial charge is 0.243 e. The molecule has 0 aromatic heterocycles. The second kappa shape index (κ2) is 8.78. The summed E-state index contributed by atoms with van der Waals surface area (Å²) in [7, 11) is 1.65. The van der Waals surface area contributed by atoms with Gasteiger partial charge in [0.25, 0.3) is 0 Å². The van der Waals surface area contributed by atoms with Crippen LogP contribution in [0.4, 0.5) is 11.4 Å². The molecule has 6 nitrogen and oxygen atoms in total. The quantitative estimate of drug-likeness (QED) is 0.807. The maximum atomic E-state index is 12.4. The molecule has 2 aromatic carbocycles. The van der Waals surface area contributed by atoms with E-state index in [4.69, 9.17) is 4.74 Å². The maximum absolute atomic E-state index is 12.4. The lowest BCUT2D eigenvalue weighted by Crippen LogP contribution is -2.42. The van der Waals surface area contributed by atoms with Gasteiger partial charge in [-0.05, 0) is 67.6 Å². The van der Waals surface area contributed by atoms with Gasteiger partial charge in [-0.15, -0.1) is 0 Å². The third-order valence-electron chi connectivity index (χ3n) is 5.16. The van der Waals surface area contributed by atoms with E-state index in [2.05, 4.69) is 15.5 Å². The summed E-state index contributed by atoms with van der Waals surface area (Å²) in [6.07, 6.45) is 1.96. The van der Waals surface area contributed by atoms with Gasteiger partial charge in [-0.2, -0.15) is 0 Å². The molecule has 0 bridgehead atoms. The Morgan fingerprint density at radius 2 is 1.96 bits per heavy atom. The number of ether oxygens (including phenoxy) is 1. The molecule has 0 atom stereocenters. The molecule has 0 radical (unpaired) electrons. The average Bonchev–Trinajstić information content (AvgIpc) is 2.69. The van der Waals surface area contributed by atoms with E-state index in [0.717, 1.165) is 47.6 Å². The number of carbonyl (C=O) groups excluding carboxylic acids is 2.